The highest BCUT2D eigenvalue weighted by Crippen LogP contribution is 2.33. The summed E-state index contributed by atoms with van der Waals surface area (Å²) in [5, 5.41) is 13.2. The molecule has 0 amide bonds. The molecule has 5 rings (SSSR count). The van der Waals surface area contributed by atoms with Gasteiger partial charge in [0.15, 0.2) is 0 Å². The van der Waals surface area contributed by atoms with Gasteiger partial charge < -0.3 is 9.13 Å². The maximum absolute atomic E-state index is 12.6. The second-order valence-corrected chi connectivity index (χ2v) is 8.40. The van der Waals surface area contributed by atoms with Gasteiger partial charge in [-0.25, -0.2) is 4.79 Å². The van der Waals surface area contributed by atoms with Gasteiger partial charge >= 0.3 is 5.69 Å². The van der Waals surface area contributed by atoms with Gasteiger partial charge in [-0.3, -0.25) is 14.6 Å². The summed E-state index contributed by atoms with van der Waals surface area (Å²) in [6.45, 7) is 0.392. The first kappa shape index (κ1) is 22.4. The Morgan fingerprint density at radius 2 is 1.66 bits per heavy atom. The molecule has 0 unspecified atom stereocenters. The molecule has 3 aromatic heterocycles. The molecule has 0 saturated carbocycles. The van der Waals surface area contributed by atoms with Crippen molar-refractivity contribution < 1.29 is 0 Å². The van der Waals surface area contributed by atoms with Crippen molar-refractivity contribution in [2.24, 2.45) is 0 Å². The Bertz CT molecular complexity index is 1800. The standard InChI is InChI=1S/C24H14Cl2N6O3/c25-16-10-15(32-24(35)28-23(34)18(12-27)29-32)11-17(26)22(16)30-9-8-20-19(30)6-7-21(33)31(20)13-14-4-2-1-3-5-14/h1-11H,13H2,(H,28,34,35). The average Bonchev–Trinajstić information content (AvgIpc) is 3.25. The smallest absolute Gasteiger partial charge is 0.312 e. The van der Waals surface area contributed by atoms with E-state index in [1.807, 2.05) is 35.3 Å². The first-order chi connectivity index (χ1) is 16.9. The first-order valence-corrected chi connectivity index (χ1v) is 11.0. The fourth-order valence-electron chi connectivity index (χ4n) is 3.86. The van der Waals surface area contributed by atoms with Gasteiger partial charge in [0.25, 0.3) is 11.1 Å². The van der Waals surface area contributed by atoms with Crippen molar-refractivity contribution in [2.75, 3.05) is 0 Å². The zero-order valence-corrected chi connectivity index (χ0v) is 19.3. The molecule has 35 heavy (non-hydrogen) atoms. The fraction of sp³-hybridized carbons (Fsp3) is 0.0417. The predicted molar refractivity (Wildman–Crippen MR) is 132 cm³/mol. The molecule has 9 nitrogen and oxygen atoms in total. The van der Waals surface area contributed by atoms with Gasteiger partial charge in [-0.2, -0.15) is 9.94 Å². The molecule has 1 N–H and O–H groups in total. The SMILES string of the molecule is N#Cc1nn(-c2cc(Cl)c(-n3ccc4c3ccc(=O)n4Cc3ccccc3)c(Cl)c2)c(=O)[nH]c1=O. The van der Waals surface area contributed by atoms with E-state index in [9.17, 15) is 14.4 Å². The lowest BCUT2D eigenvalue weighted by molar-refractivity contribution is 0.740. The number of hydrogen-bond acceptors (Lipinski definition) is 5. The van der Waals surface area contributed by atoms with E-state index in [0.717, 1.165) is 10.2 Å². The number of rotatable bonds is 4. The number of benzene rings is 2. The van der Waals surface area contributed by atoms with Crippen LogP contribution in [-0.2, 0) is 6.54 Å². The molecule has 0 bridgehead atoms. The van der Waals surface area contributed by atoms with Crippen LogP contribution in [0.5, 0.6) is 0 Å². The number of fused-ring (bicyclic) bond motifs is 1. The van der Waals surface area contributed by atoms with Crippen molar-refractivity contribution in [1.82, 2.24) is 23.9 Å². The number of pyridine rings is 1. The number of hydrogen-bond donors (Lipinski definition) is 1. The lowest BCUT2D eigenvalue weighted by atomic mass is 10.2. The molecule has 11 heteroatoms. The van der Waals surface area contributed by atoms with E-state index in [-0.39, 0.29) is 21.3 Å². The Morgan fingerprint density at radius 3 is 2.34 bits per heavy atom. The van der Waals surface area contributed by atoms with Crippen LogP contribution >= 0.6 is 23.2 Å². The van der Waals surface area contributed by atoms with Crippen molar-refractivity contribution >= 4 is 34.2 Å². The molecule has 0 fully saturated rings. The minimum absolute atomic E-state index is 0.150. The van der Waals surface area contributed by atoms with Crippen molar-refractivity contribution in [3.63, 3.8) is 0 Å². The van der Waals surface area contributed by atoms with Crippen LogP contribution in [0.1, 0.15) is 11.3 Å². The Kier molecular flexibility index (Phi) is 5.61. The molecular formula is C24H14Cl2N6O3. The second-order valence-electron chi connectivity index (χ2n) is 7.59. The predicted octanol–water partition coefficient (Wildman–Crippen LogP) is 3.25. The molecule has 0 aliphatic carbocycles. The van der Waals surface area contributed by atoms with Gasteiger partial charge in [-0.15, -0.1) is 5.10 Å². The normalized spacial score (nSPS) is 11.0. The van der Waals surface area contributed by atoms with Crippen molar-refractivity contribution in [2.45, 2.75) is 6.54 Å². The molecule has 0 saturated heterocycles. The maximum atomic E-state index is 12.6. The highest BCUT2D eigenvalue weighted by atomic mass is 35.5. The van der Waals surface area contributed by atoms with E-state index in [1.54, 1.807) is 33.5 Å². The zero-order valence-electron chi connectivity index (χ0n) is 17.8. The number of aromatic nitrogens is 5. The van der Waals surface area contributed by atoms with Crippen LogP contribution in [-0.4, -0.2) is 23.9 Å². The summed E-state index contributed by atoms with van der Waals surface area (Å²) in [6, 6.07) is 19.1. The summed E-state index contributed by atoms with van der Waals surface area (Å²) in [7, 11) is 0. The third-order valence-corrected chi connectivity index (χ3v) is 6.02. The third kappa shape index (κ3) is 3.95. The van der Waals surface area contributed by atoms with Gasteiger partial charge in [-0.05, 0) is 29.8 Å². The molecule has 0 radical (unpaired) electrons. The number of nitrogens with one attached hydrogen (secondary N) is 1. The number of H-pyrrole nitrogens is 1. The average molecular weight is 505 g/mol. The topological polar surface area (TPSA) is 118 Å². The summed E-state index contributed by atoms with van der Waals surface area (Å²) < 4.78 is 4.24. The molecule has 0 aliphatic heterocycles. The highest BCUT2D eigenvalue weighted by Gasteiger charge is 2.17. The summed E-state index contributed by atoms with van der Waals surface area (Å²) in [4.78, 5) is 38.6. The summed E-state index contributed by atoms with van der Waals surface area (Å²) in [6.07, 6.45) is 1.75. The number of nitriles is 1. The molecule has 5 aromatic rings. The van der Waals surface area contributed by atoms with Gasteiger partial charge in [0.1, 0.15) is 6.07 Å². The lowest BCUT2D eigenvalue weighted by Crippen LogP contribution is -2.33. The summed E-state index contributed by atoms with van der Waals surface area (Å²) >= 11 is 13.2. The Morgan fingerprint density at radius 1 is 0.943 bits per heavy atom. The van der Waals surface area contributed by atoms with E-state index in [0.29, 0.717) is 23.3 Å². The minimum Gasteiger partial charge on any atom is -0.312 e. The number of nitrogens with zero attached hydrogens (tertiary/aromatic N) is 5. The van der Waals surface area contributed by atoms with Crippen molar-refractivity contribution in [3.8, 4) is 17.4 Å². The largest absolute Gasteiger partial charge is 0.349 e. The number of halogens is 2. The van der Waals surface area contributed by atoms with Crippen molar-refractivity contribution in [1.29, 1.82) is 5.26 Å². The van der Waals surface area contributed by atoms with Gasteiger partial charge in [0.2, 0.25) is 5.69 Å². The van der Waals surface area contributed by atoms with Gasteiger partial charge in [0, 0.05) is 12.3 Å². The van der Waals surface area contributed by atoms with E-state index in [4.69, 9.17) is 28.5 Å². The molecule has 3 heterocycles. The lowest BCUT2D eigenvalue weighted by Gasteiger charge is -2.14. The third-order valence-electron chi connectivity index (χ3n) is 5.45. The van der Waals surface area contributed by atoms with Crippen LogP contribution in [0.15, 0.2) is 81.2 Å². The van der Waals surface area contributed by atoms with Crippen LogP contribution in [0.2, 0.25) is 10.0 Å². The molecule has 0 aliphatic rings. The summed E-state index contributed by atoms with van der Waals surface area (Å²) in [5.74, 6) is 0. The molecule has 0 atom stereocenters. The van der Waals surface area contributed by atoms with E-state index >= 15 is 0 Å². The summed E-state index contributed by atoms with van der Waals surface area (Å²) in [5.41, 5.74) is 0.600. The zero-order chi connectivity index (χ0) is 24.7. The minimum atomic E-state index is -0.886. The molecule has 172 valence electrons. The van der Waals surface area contributed by atoms with E-state index in [1.165, 1.54) is 18.2 Å². The Labute approximate surface area is 206 Å². The quantitative estimate of drug-likeness (QED) is 0.402. The first-order valence-electron chi connectivity index (χ1n) is 10.3. The van der Waals surface area contributed by atoms with Crippen LogP contribution in [0, 0.1) is 11.3 Å². The van der Waals surface area contributed by atoms with Crippen LogP contribution in [0.25, 0.3) is 22.4 Å². The highest BCUT2D eigenvalue weighted by molar-refractivity contribution is 6.38. The van der Waals surface area contributed by atoms with Crippen LogP contribution in [0.4, 0.5) is 0 Å². The van der Waals surface area contributed by atoms with Crippen LogP contribution in [0.3, 0.4) is 0 Å². The van der Waals surface area contributed by atoms with Gasteiger partial charge in [-0.1, -0.05) is 53.5 Å². The van der Waals surface area contributed by atoms with E-state index in [2.05, 4.69) is 5.10 Å². The molecular weight excluding hydrogens is 491 g/mol. The molecule has 2 aromatic carbocycles. The fourth-order valence-corrected chi connectivity index (χ4v) is 4.52. The second kappa shape index (κ2) is 8.76. The monoisotopic (exact) mass is 504 g/mol. The van der Waals surface area contributed by atoms with Crippen molar-refractivity contribution in [3.05, 3.63) is 119 Å². The van der Waals surface area contributed by atoms with E-state index < -0.39 is 16.9 Å². The number of aromatic amines is 1. The maximum Gasteiger partial charge on any atom is 0.349 e. The Hall–Kier alpha value is -4.39. The molecule has 0 spiro atoms. The van der Waals surface area contributed by atoms with Crippen LogP contribution < -0.4 is 16.8 Å². The van der Waals surface area contributed by atoms with Gasteiger partial charge in [0.05, 0.1) is 39.0 Å². The Balaban J connectivity index is 1.64.